The quantitative estimate of drug-likeness (QED) is 0.422. The van der Waals surface area contributed by atoms with Crippen molar-refractivity contribution in [2.75, 3.05) is 0 Å². The molecule has 0 aromatic rings. The second kappa shape index (κ2) is 8.18. The van der Waals surface area contributed by atoms with E-state index >= 15 is 0 Å². The minimum atomic E-state index is -1.68. The van der Waals surface area contributed by atoms with E-state index in [9.17, 15) is 19.8 Å². The van der Waals surface area contributed by atoms with E-state index in [2.05, 4.69) is 6.92 Å². The molecule has 0 radical (unpaired) electrons. The van der Waals surface area contributed by atoms with Crippen LogP contribution in [0.15, 0.2) is 0 Å². The molecule has 18 heavy (non-hydrogen) atoms. The zero-order valence-corrected chi connectivity index (χ0v) is 11.2. The van der Waals surface area contributed by atoms with Crippen LogP contribution in [0.4, 0.5) is 0 Å². The van der Waals surface area contributed by atoms with E-state index in [0.29, 0.717) is 6.42 Å². The molecule has 0 aliphatic heterocycles. The molecule has 5 heteroatoms. The van der Waals surface area contributed by atoms with E-state index in [1.807, 2.05) is 0 Å². The SMILES string of the molecule is CCCCCCC(C(=O)O)(C(=O)O)C(C)(C)C.[NaH]. The first-order valence-electron chi connectivity index (χ1n) is 6.17. The van der Waals surface area contributed by atoms with E-state index in [-0.39, 0.29) is 36.0 Å². The molecule has 0 spiro atoms. The molecule has 0 fully saturated rings. The van der Waals surface area contributed by atoms with Gasteiger partial charge < -0.3 is 10.2 Å². The van der Waals surface area contributed by atoms with Crippen LogP contribution in [-0.4, -0.2) is 51.7 Å². The van der Waals surface area contributed by atoms with Crippen molar-refractivity contribution in [2.24, 2.45) is 10.8 Å². The Morgan fingerprint density at radius 2 is 1.39 bits per heavy atom. The fourth-order valence-electron chi connectivity index (χ4n) is 2.14. The van der Waals surface area contributed by atoms with E-state index in [0.717, 1.165) is 19.3 Å². The number of aliphatic carboxylic acids is 2. The van der Waals surface area contributed by atoms with Crippen LogP contribution >= 0.6 is 0 Å². The molecule has 0 saturated heterocycles. The van der Waals surface area contributed by atoms with Gasteiger partial charge in [-0.3, -0.25) is 9.59 Å². The Morgan fingerprint density at radius 1 is 0.944 bits per heavy atom. The summed E-state index contributed by atoms with van der Waals surface area (Å²) in [5.74, 6) is -2.46. The van der Waals surface area contributed by atoms with Gasteiger partial charge in [-0.1, -0.05) is 53.4 Å². The fraction of sp³-hybridized carbons (Fsp3) is 0.846. The number of unbranched alkanes of at least 4 members (excludes halogenated alkanes) is 3. The van der Waals surface area contributed by atoms with Gasteiger partial charge in [-0.25, -0.2) is 0 Å². The Balaban J connectivity index is 0. The molecule has 0 atom stereocenters. The summed E-state index contributed by atoms with van der Waals surface area (Å²) < 4.78 is 0. The zero-order valence-electron chi connectivity index (χ0n) is 11.2. The van der Waals surface area contributed by atoms with Gasteiger partial charge in [0.1, 0.15) is 0 Å². The number of carbonyl (C=O) groups is 2. The summed E-state index contributed by atoms with van der Waals surface area (Å²) in [6, 6.07) is 0. The number of carboxylic acids is 2. The molecular weight excluding hydrogens is 243 g/mol. The molecule has 0 heterocycles. The second-order valence-electron chi connectivity index (χ2n) is 5.58. The van der Waals surface area contributed by atoms with Crippen LogP contribution in [0.1, 0.15) is 59.8 Å². The molecule has 0 aliphatic rings. The van der Waals surface area contributed by atoms with Crippen molar-refractivity contribution in [3.8, 4) is 0 Å². The third-order valence-electron chi connectivity index (χ3n) is 3.42. The summed E-state index contributed by atoms with van der Waals surface area (Å²) in [5.41, 5.74) is -2.47. The molecule has 0 aromatic heterocycles. The van der Waals surface area contributed by atoms with Gasteiger partial charge in [-0.2, -0.15) is 0 Å². The summed E-state index contributed by atoms with van der Waals surface area (Å²) >= 11 is 0. The number of hydrogen-bond acceptors (Lipinski definition) is 2. The van der Waals surface area contributed by atoms with Gasteiger partial charge in [0.25, 0.3) is 0 Å². The Bertz CT molecular complexity index is 267. The Kier molecular flexibility index (Phi) is 9.21. The first-order valence-corrected chi connectivity index (χ1v) is 6.17. The zero-order chi connectivity index (χ0) is 13.7. The summed E-state index contributed by atoms with van der Waals surface area (Å²) in [6.07, 6.45) is 3.78. The van der Waals surface area contributed by atoms with Crippen molar-refractivity contribution < 1.29 is 19.8 Å². The first kappa shape index (κ1) is 20.3. The number of hydrogen-bond donors (Lipinski definition) is 2. The Morgan fingerprint density at radius 3 is 1.67 bits per heavy atom. The maximum absolute atomic E-state index is 11.4. The van der Waals surface area contributed by atoms with Crippen LogP contribution in [-0.2, 0) is 9.59 Å². The molecule has 2 N–H and O–H groups in total. The van der Waals surface area contributed by atoms with Gasteiger partial charge in [0.15, 0.2) is 5.41 Å². The fourth-order valence-corrected chi connectivity index (χ4v) is 2.14. The summed E-state index contributed by atoms with van der Waals surface area (Å²) in [4.78, 5) is 22.8. The van der Waals surface area contributed by atoms with E-state index in [4.69, 9.17) is 0 Å². The topological polar surface area (TPSA) is 74.6 Å². The van der Waals surface area contributed by atoms with Gasteiger partial charge in [-0.05, 0) is 11.8 Å². The van der Waals surface area contributed by atoms with Crippen LogP contribution in [0, 0.1) is 10.8 Å². The second-order valence-corrected chi connectivity index (χ2v) is 5.58. The van der Waals surface area contributed by atoms with Gasteiger partial charge in [-0.15, -0.1) is 0 Å². The van der Waals surface area contributed by atoms with Crippen LogP contribution in [0.5, 0.6) is 0 Å². The molecule has 0 bridgehead atoms. The van der Waals surface area contributed by atoms with Crippen molar-refractivity contribution >= 4 is 41.5 Å². The predicted octanol–water partition coefficient (Wildman–Crippen LogP) is 2.51. The van der Waals surface area contributed by atoms with Crippen LogP contribution in [0.3, 0.4) is 0 Å². The molecule has 0 aliphatic carbocycles. The van der Waals surface area contributed by atoms with Gasteiger partial charge in [0, 0.05) is 0 Å². The normalized spacial score (nSPS) is 11.8. The monoisotopic (exact) mass is 268 g/mol. The maximum atomic E-state index is 11.4. The van der Waals surface area contributed by atoms with Crippen LogP contribution in [0.2, 0.25) is 0 Å². The molecular formula is C13H25NaO4. The third-order valence-corrected chi connectivity index (χ3v) is 3.42. The van der Waals surface area contributed by atoms with Gasteiger partial charge in [0.2, 0.25) is 0 Å². The van der Waals surface area contributed by atoms with Gasteiger partial charge in [0.05, 0.1) is 0 Å². The molecule has 102 valence electrons. The van der Waals surface area contributed by atoms with Gasteiger partial charge >= 0.3 is 41.5 Å². The van der Waals surface area contributed by atoms with Crippen molar-refractivity contribution in [3.63, 3.8) is 0 Å². The minimum absolute atomic E-state index is 0. The van der Waals surface area contributed by atoms with Crippen LogP contribution < -0.4 is 0 Å². The van der Waals surface area contributed by atoms with E-state index in [1.165, 1.54) is 0 Å². The van der Waals surface area contributed by atoms with Crippen molar-refractivity contribution in [2.45, 2.75) is 59.8 Å². The summed E-state index contributed by atoms with van der Waals surface area (Å²) in [7, 11) is 0. The Labute approximate surface area is 131 Å². The van der Waals surface area contributed by atoms with Crippen molar-refractivity contribution in [1.29, 1.82) is 0 Å². The van der Waals surface area contributed by atoms with E-state index < -0.39 is 22.8 Å². The average Bonchev–Trinajstić information content (AvgIpc) is 2.14. The summed E-state index contributed by atoms with van der Waals surface area (Å²) in [6.45, 7) is 7.09. The third kappa shape index (κ3) is 4.56. The van der Waals surface area contributed by atoms with Crippen molar-refractivity contribution in [1.82, 2.24) is 0 Å². The first-order chi connectivity index (χ1) is 7.70. The average molecular weight is 268 g/mol. The molecule has 0 saturated carbocycles. The molecule has 0 amide bonds. The molecule has 0 aromatic carbocycles. The van der Waals surface area contributed by atoms with Crippen LogP contribution in [0.25, 0.3) is 0 Å². The molecule has 0 unspecified atom stereocenters. The molecule has 0 rings (SSSR count). The predicted molar refractivity (Wildman–Crippen MR) is 73.1 cm³/mol. The standard InChI is InChI=1S/C13H24O4.Na.H/c1-5-6-7-8-9-13(10(14)15,11(16)17)12(2,3)4;;/h5-9H2,1-4H3,(H,14,15)(H,16,17);;. The van der Waals surface area contributed by atoms with E-state index in [1.54, 1.807) is 20.8 Å². The molecule has 4 nitrogen and oxygen atoms in total. The number of carboxylic acid groups (broad SMARTS) is 2. The van der Waals surface area contributed by atoms with Crippen molar-refractivity contribution in [3.05, 3.63) is 0 Å². The number of rotatable bonds is 7. The Hall–Kier alpha value is -0.0600. The summed E-state index contributed by atoms with van der Waals surface area (Å²) in [5, 5.41) is 18.6.